The van der Waals surface area contributed by atoms with Gasteiger partial charge in [-0.2, -0.15) is 0 Å². The van der Waals surface area contributed by atoms with Crippen molar-refractivity contribution >= 4 is 0 Å². The van der Waals surface area contributed by atoms with Crippen LogP contribution in [0.15, 0.2) is 18.3 Å². The molecule has 1 heterocycles. The number of aromatic nitrogens is 1. The molecule has 0 unspecified atom stereocenters. The number of rotatable bonds is 4. The summed E-state index contributed by atoms with van der Waals surface area (Å²) < 4.78 is 0. The lowest BCUT2D eigenvalue weighted by molar-refractivity contribution is 0.693. The van der Waals surface area contributed by atoms with E-state index in [1.807, 2.05) is 19.2 Å². The van der Waals surface area contributed by atoms with E-state index in [1.165, 1.54) is 5.56 Å². The fourth-order valence-corrected chi connectivity index (χ4v) is 0.938. The van der Waals surface area contributed by atoms with Crippen LogP contribution >= 0.6 is 0 Å². The molecule has 3 nitrogen and oxygen atoms in total. The van der Waals surface area contributed by atoms with E-state index in [-0.39, 0.29) is 0 Å². The quantitative estimate of drug-likeness (QED) is 0.636. The molecule has 3 heteroatoms. The molecular formula is C9H15N3. The molecule has 3 N–H and O–H groups in total. The van der Waals surface area contributed by atoms with Crippen molar-refractivity contribution in [3.8, 4) is 0 Å². The Bertz CT molecular complexity index is 218. The summed E-state index contributed by atoms with van der Waals surface area (Å²) in [4.78, 5) is 4.19. The molecule has 0 aliphatic heterocycles. The third kappa shape index (κ3) is 2.98. The molecule has 0 atom stereocenters. The van der Waals surface area contributed by atoms with Crippen molar-refractivity contribution in [1.82, 2.24) is 10.3 Å². The number of hydrogen-bond acceptors (Lipinski definition) is 3. The van der Waals surface area contributed by atoms with Crippen LogP contribution in [0.3, 0.4) is 0 Å². The maximum atomic E-state index is 5.34. The van der Waals surface area contributed by atoms with E-state index in [0.717, 1.165) is 18.8 Å². The zero-order valence-corrected chi connectivity index (χ0v) is 7.38. The van der Waals surface area contributed by atoms with Gasteiger partial charge in [0.1, 0.15) is 0 Å². The molecule has 12 heavy (non-hydrogen) atoms. The van der Waals surface area contributed by atoms with Crippen molar-refractivity contribution in [3.63, 3.8) is 0 Å². The summed E-state index contributed by atoms with van der Waals surface area (Å²) in [6.07, 6.45) is 1.89. The van der Waals surface area contributed by atoms with Gasteiger partial charge in [0.15, 0.2) is 0 Å². The lowest BCUT2D eigenvalue weighted by atomic mass is 10.2. The first-order valence-electron chi connectivity index (χ1n) is 4.15. The molecule has 0 aliphatic rings. The standard InChI is InChI=1S/C9H15N3/c1-8-2-3-9(7-12-8)6-11-5-4-10/h2-3,7,11H,4-6,10H2,1H3. The van der Waals surface area contributed by atoms with Crippen molar-refractivity contribution < 1.29 is 0 Å². The van der Waals surface area contributed by atoms with Crippen LogP contribution in [0, 0.1) is 6.92 Å². The summed E-state index contributed by atoms with van der Waals surface area (Å²) in [6, 6.07) is 4.09. The summed E-state index contributed by atoms with van der Waals surface area (Å²) >= 11 is 0. The number of nitrogens with zero attached hydrogens (tertiary/aromatic N) is 1. The fraction of sp³-hybridized carbons (Fsp3) is 0.444. The summed E-state index contributed by atoms with van der Waals surface area (Å²) in [5.41, 5.74) is 7.59. The van der Waals surface area contributed by atoms with Crippen molar-refractivity contribution in [2.24, 2.45) is 5.73 Å². The molecule has 0 saturated heterocycles. The van der Waals surface area contributed by atoms with Gasteiger partial charge in [-0.05, 0) is 18.6 Å². The van der Waals surface area contributed by atoms with Crippen LogP contribution in [0.25, 0.3) is 0 Å². The maximum Gasteiger partial charge on any atom is 0.0372 e. The number of hydrogen-bond donors (Lipinski definition) is 2. The van der Waals surface area contributed by atoms with Gasteiger partial charge in [-0.1, -0.05) is 6.07 Å². The van der Waals surface area contributed by atoms with Gasteiger partial charge < -0.3 is 11.1 Å². The number of nitrogens with two attached hydrogens (primary N) is 1. The normalized spacial score (nSPS) is 10.2. The Kier molecular flexibility index (Phi) is 3.70. The Morgan fingerprint density at radius 3 is 2.92 bits per heavy atom. The zero-order chi connectivity index (χ0) is 8.81. The molecule has 1 rings (SSSR count). The molecule has 0 aliphatic carbocycles. The molecule has 0 spiro atoms. The molecule has 0 bridgehead atoms. The van der Waals surface area contributed by atoms with Crippen LogP contribution in [-0.4, -0.2) is 18.1 Å². The highest BCUT2D eigenvalue weighted by Crippen LogP contribution is 1.97. The SMILES string of the molecule is Cc1ccc(CNCCN)cn1. The Hall–Kier alpha value is -0.930. The molecule has 1 aromatic rings. The summed E-state index contributed by atoms with van der Waals surface area (Å²) in [7, 11) is 0. The zero-order valence-electron chi connectivity index (χ0n) is 7.38. The van der Waals surface area contributed by atoms with Crippen LogP contribution in [0.4, 0.5) is 0 Å². The first-order valence-corrected chi connectivity index (χ1v) is 4.15. The van der Waals surface area contributed by atoms with E-state index in [4.69, 9.17) is 5.73 Å². The van der Waals surface area contributed by atoms with E-state index in [1.54, 1.807) is 0 Å². The Balaban J connectivity index is 2.37. The highest BCUT2D eigenvalue weighted by atomic mass is 14.9. The highest BCUT2D eigenvalue weighted by Gasteiger charge is 1.91. The van der Waals surface area contributed by atoms with Crippen molar-refractivity contribution in [2.45, 2.75) is 13.5 Å². The van der Waals surface area contributed by atoms with Crippen LogP contribution in [0.5, 0.6) is 0 Å². The lowest BCUT2D eigenvalue weighted by Gasteiger charge is -2.02. The van der Waals surface area contributed by atoms with Crippen molar-refractivity contribution in [2.75, 3.05) is 13.1 Å². The molecule has 0 amide bonds. The van der Waals surface area contributed by atoms with Crippen molar-refractivity contribution in [3.05, 3.63) is 29.6 Å². The molecule has 0 fully saturated rings. The van der Waals surface area contributed by atoms with Crippen LogP contribution in [-0.2, 0) is 6.54 Å². The summed E-state index contributed by atoms with van der Waals surface area (Å²) in [5.74, 6) is 0. The van der Waals surface area contributed by atoms with Gasteiger partial charge in [-0.15, -0.1) is 0 Å². The van der Waals surface area contributed by atoms with Gasteiger partial charge in [-0.3, -0.25) is 4.98 Å². The first kappa shape index (κ1) is 9.16. The molecular weight excluding hydrogens is 150 g/mol. The number of aryl methyl sites for hydroxylation is 1. The Morgan fingerprint density at radius 2 is 2.33 bits per heavy atom. The molecule has 0 aromatic carbocycles. The van der Waals surface area contributed by atoms with E-state index < -0.39 is 0 Å². The van der Waals surface area contributed by atoms with Crippen LogP contribution < -0.4 is 11.1 Å². The van der Waals surface area contributed by atoms with Crippen molar-refractivity contribution in [1.29, 1.82) is 0 Å². The minimum atomic E-state index is 0.680. The highest BCUT2D eigenvalue weighted by molar-refractivity contribution is 5.12. The third-order valence-electron chi connectivity index (χ3n) is 1.62. The molecule has 0 saturated carbocycles. The number of nitrogens with one attached hydrogen (secondary N) is 1. The third-order valence-corrected chi connectivity index (χ3v) is 1.62. The minimum absolute atomic E-state index is 0.680. The average molecular weight is 165 g/mol. The second-order valence-electron chi connectivity index (χ2n) is 2.77. The molecule has 0 radical (unpaired) electrons. The Morgan fingerprint density at radius 1 is 1.50 bits per heavy atom. The average Bonchev–Trinajstić information content (AvgIpc) is 2.09. The van der Waals surface area contributed by atoms with Gasteiger partial charge in [0.2, 0.25) is 0 Å². The second-order valence-corrected chi connectivity index (χ2v) is 2.77. The lowest BCUT2D eigenvalue weighted by Crippen LogP contribution is -2.21. The van der Waals surface area contributed by atoms with E-state index >= 15 is 0 Å². The predicted octanol–water partition coefficient (Wildman–Crippen LogP) is 0.438. The summed E-state index contributed by atoms with van der Waals surface area (Å²) in [6.45, 7) is 4.37. The van der Waals surface area contributed by atoms with Gasteiger partial charge >= 0.3 is 0 Å². The monoisotopic (exact) mass is 165 g/mol. The Labute approximate surface area is 73.0 Å². The summed E-state index contributed by atoms with van der Waals surface area (Å²) in [5, 5.41) is 3.21. The van der Waals surface area contributed by atoms with Gasteiger partial charge in [0.25, 0.3) is 0 Å². The van der Waals surface area contributed by atoms with E-state index in [9.17, 15) is 0 Å². The van der Waals surface area contributed by atoms with Crippen LogP contribution in [0.2, 0.25) is 0 Å². The minimum Gasteiger partial charge on any atom is -0.329 e. The maximum absolute atomic E-state index is 5.34. The smallest absolute Gasteiger partial charge is 0.0372 e. The van der Waals surface area contributed by atoms with E-state index in [0.29, 0.717) is 6.54 Å². The first-order chi connectivity index (χ1) is 5.83. The fourth-order valence-electron chi connectivity index (χ4n) is 0.938. The van der Waals surface area contributed by atoms with Gasteiger partial charge in [-0.25, -0.2) is 0 Å². The van der Waals surface area contributed by atoms with E-state index in [2.05, 4.69) is 16.4 Å². The topological polar surface area (TPSA) is 50.9 Å². The van der Waals surface area contributed by atoms with Gasteiger partial charge in [0.05, 0.1) is 0 Å². The predicted molar refractivity (Wildman–Crippen MR) is 49.7 cm³/mol. The molecule has 66 valence electrons. The van der Waals surface area contributed by atoms with Gasteiger partial charge in [0, 0.05) is 31.5 Å². The molecule has 1 aromatic heterocycles. The number of pyridine rings is 1. The largest absolute Gasteiger partial charge is 0.329 e. The van der Waals surface area contributed by atoms with Crippen LogP contribution in [0.1, 0.15) is 11.3 Å². The second kappa shape index (κ2) is 4.85.